The largest absolute Gasteiger partial charge is 0.381 e. The molecule has 0 unspecified atom stereocenters. The maximum absolute atomic E-state index is 12.1. The van der Waals surface area contributed by atoms with Gasteiger partial charge in [0.25, 0.3) is 5.91 Å². The maximum atomic E-state index is 12.1. The van der Waals surface area contributed by atoms with Gasteiger partial charge in [-0.05, 0) is 17.9 Å². The summed E-state index contributed by atoms with van der Waals surface area (Å²) in [5, 5.41) is 5.02. The van der Waals surface area contributed by atoms with Crippen LogP contribution in [0.15, 0.2) is 17.5 Å². The molecule has 1 aromatic heterocycles. The van der Waals surface area contributed by atoms with Crippen LogP contribution < -0.4 is 5.32 Å². The van der Waals surface area contributed by atoms with E-state index in [1.165, 1.54) is 11.3 Å². The number of nitrogens with one attached hydrogen (secondary N) is 1. The van der Waals surface area contributed by atoms with Crippen molar-refractivity contribution in [2.75, 3.05) is 46.1 Å². The standard InChI is InChI=1S/C15H22N2O3S/c18-15(14-2-1-9-21-14)16-10-13(12-3-6-20-11-12)17-4-7-19-8-5-17/h1-2,9,12-13H,3-8,10-11H2,(H,16,18)/t12-,13-/m0/s1. The molecule has 1 aromatic rings. The molecular weight excluding hydrogens is 288 g/mol. The van der Waals surface area contributed by atoms with Gasteiger partial charge in [-0.15, -0.1) is 11.3 Å². The molecule has 0 aliphatic carbocycles. The van der Waals surface area contributed by atoms with Crippen molar-refractivity contribution < 1.29 is 14.3 Å². The van der Waals surface area contributed by atoms with Gasteiger partial charge in [-0.25, -0.2) is 0 Å². The molecule has 0 spiro atoms. The molecule has 2 aliphatic rings. The monoisotopic (exact) mass is 310 g/mol. The number of hydrogen-bond acceptors (Lipinski definition) is 5. The Bertz CT molecular complexity index is 440. The molecule has 6 heteroatoms. The minimum Gasteiger partial charge on any atom is -0.381 e. The van der Waals surface area contributed by atoms with E-state index >= 15 is 0 Å². The molecule has 0 radical (unpaired) electrons. The molecule has 0 saturated carbocycles. The molecule has 21 heavy (non-hydrogen) atoms. The second kappa shape index (κ2) is 7.35. The number of amides is 1. The van der Waals surface area contributed by atoms with E-state index < -0.39 is 0 Å². The van der Waals surface area contributed by atoms with E-state index in [9.17, 15) is 4.79 Å². The van der Waals surface area contributed by atoms with Crippen LogP contribution in [0.1, 0.15) is 16.1 Å². The lowest BCUT2D eigenvalue weighted by Crippen LogP contribution is -2.52. The van der Waals surface area contributed by atoms with Crippen molar-refractivity contribution in [3.05, 3.63) is 22.4 Å². The molecule has 0 aromatic carbocycles. The first-order chi connectivity index (χ1) is 10.3. The summed E-state index contributed by atoms with van der Waals surface area (Å²) >= 11 is 1.48. The number of thiophene rings is 1. The van der Waals surface area contributed by atoms with E-state index in [2.05, 4.69) is 10.2 Å². The number of nitrogens with zero attached hydrogens (tertiary/aromatic N) is 1. The topological polar surface area (TPSA) is 50.8 Å². The van der Waals surface area contributed by atoms with Crippen molar-refractivity contribution in [2.24, 2.45) is 5.92 Å². The van der Waals surface area contributed by atoms with Gasteiger partial charge in [0.1, 0.15) is 0 Å². The lowest BCUT2D eigenvalue weighted by atomic mass is 9.97. The SMILES string of the molecule is O=C(NC[C@@H]([C@H]1CCOC1)N1CCOCC1)c1cccs1. The Labute approximate surface area is 129 Å². The minimum atomic E-state index is 0.0298. The van der Waals surface area contributed by atoms with Crippen molar-refractivity contribution in [1.29, 1.82) is 0 Å². The number of rotatable bonds is 5. The second-order valence-electron chi connectivity index (χ2n) is 5.53. The van der Waals surface area contributed by atoms with Crippen LogP contribution in [0.3, 0.4) is 0 Å². The van der Waals surface area contributed by atoms with Crippen LogP contribution in [-0.2, 0) is 9.47 Å². The first-order valence-corrected chi connectivity index (χ1v) is 8.44. The summed E-state index contributed by atoms with van der Waals surface area (Å²) in [6.07, 6.45) is 1.08. The predicted molar refractivity (Wildman–Crippen MR) is 81.8 cm³/mol. The van der Waals surface area contributed by atoms with Gasteiger partial charge in [-0.1, -0.05) is 6.07 Å². The molecule has 2 saturated heterocycles. The van der Waals surface area contributed by atoms with Crippen molar-refractivity contribution in [3.63, 3.8) is 0 Å². The summed E-state index contributed by atoms with van der Waals surface area (Å²) in [7, 11) is 0. The number of morpholine rings is 1. The molecule has 2 aliphatic heterocycles. The molecular formula is C15H22N2O3S. The van der Waals surface area contributed by atoms with Gasteiger partial charge in [0.2, 0.25) is 0 Å². The van der Waals surface area contributed by atoms with Crippen molar-refractivity contribution >= 4 is 17.2 Å². The highest BCUT2D eigenvalue weighted by molar-refractivity contribution is 7.12. The smallest absolute Gasteiger partial charge is 0.261 e. The Kier molecular flexibility index (Phi) is 5.24. The minimum absolute atomic E-state index is 0.0298. The van der Waals surface area contributed by atoms with Gasteiger partial charge in [0, 0.05) is 38.2 Å². The molecule has 2 atom stereocenters. The summed E-state index contributed by atoms with van der Waals surface area (Å²) < 4.78 is 11.0. The second-order valence-corrected chi connectivity index (χ2v) is 6.47. The van der Waals surface area contributed by atoms with Gasteiger partial charge in [0.05, 0.1) is 24.7 Å². The molecule has 3 rings (SSSR count). The van der Waals surface area contributed by atoms with Gasteiger partial charge < -0.3 is 14.8 Å². The zero-order valence-electron chi connectivity index (χ0n) is 12.1. The van der Waals surface area contributed by atoms with E-state index in [4.69, 9.17) is 9.47 Å². The van der Waals surface area contributed by atoms with E-state index in [0.717, 1.165) is 50.8 Å². The predicted octanol–water partition coefficient (Wildman–Crippen LogP) is 1.22. The Morgan fingerprint density at radius 1 is 1.38 bits per heavy atom. The number of hydrogen-bond donors (Lipinski definition) is 1. The van der Waals surface area contributed by atoms with Crippen molar-refractivity contribution in [1.82, 2.24) is 10.2 Å². The fraction of sp³-hybridized carbons (Fsp3) is 0.667. The molecule has 1 N–H and O–H groups in total. The van der Waals surface area contributed by atoms with Crippen LogP contribution >= 0.6 is 11.3 Å². The Morgan fingerprint density at radius 3 is 2.90 bits per heavy atom. The Balaban J connectivity index is 1.59. The van der Waals surface area contributed by atoms with Crippen LogP contribution in [0.4, 0.5) is 0 Å². The van der Waals surface area contributed by atoms with Crippen LogP contribution in [-0.4, -0.2) is 62.9 Å². The van der Waals surface area contributed by atoms with E-state index in [-0.39, 0.29) is 5.91 Å². The quantitative estimate of drug-likeness (QED) is 0.888. The maximum Gasteiger partial charge on any atom is 0.261 e. The molecule has 2 fully saturated rings. The summed E-state index contributed by atoms with van der Waals surface area (Å²) in [5.41, 5.74) is 0. The third-order valence-electron chi connectivity index (χ3n) is 4.24. The number of ether oxygens (including phenoxy) is 2. The average Bonchev–Trinajstić information content (AvgIpc) is 3.22. The van der Waals surface area contributed by atoms with E-state index in [1.54, 1.807) is 0 Å². The lowest BCUT2D eigenvalue weighted by molar-refractivity contribution is 0.00167. The fourth-order valence-corrected chi connectivity index (χ4v) is 3.69. The molecule has 3 heterocycles. The summed E-state index contributed by atoms with van der Waals surface area (Å²) in [4.78, 5) is 15.4. The number of carbonyl (C=O) groups excluding carboxylic acids is 1. The first kappa shape index (κ1) is 15.0. The third kappa shape index (κ3) is 3.83. The number of carbonyl (C=O) groups is 1. The van der Waals surface area contributed by atoms with Crippen LogP contribution in [0.2, 0.25) is 0 Å². The lowest BCUT2D eigenvalue weighted by Gasteiger charge is -2.37. The average molecular weight is 310 g/mol. The Morgan fingerprint density at radius 2 is 2.24 bits per heavy atom. The zero-order chi connectivity index (χ0) is 14.5. The Hall–Kier alpha value is -0.950. The van der Waals surface area contributed by atoms with Gasteiger partial charge in [0.15, 0.2) is 0 Å². The molecule has 5 nitrogen and oxygen atoms in total. The third-order valence-corrected chi connectivity index (χ3v) is 5.11. The van der Waals surface area contributed by atoms with Crippen molar-refractivity contribution in [2.45, 2.75) is 12.5 Å². The summed E-state index contributed by atoms with van der Waals surface area (Å²) in [6.45, 7) is 5.77. The summed E-state index contributed by atoms with van der Waals surface area (Å²) in [5.74, 6) is 0.536. The molecule has 116 valence electrons. The van der Waals surface area contributed by atoms with Gasteiger partial charge in [-0.3, -0.25) is 9.69 Å². The van der Waals surface area contributed by atoms with Gasteiger partial charge in [-0.2, -0.15) is 0 Å². The first-order valence-electron chi connectivity index (χ1n) is 7.56. The molecule has 0 bridgehead atoms. The zero-order valence-corrected chi connectivity index (χ0v) is 12.9. The van der Waals surface area contributed by atoms with Crippen LogP contribution in [0.5, 0.6) is 0 Å². The van der Waals surface area contributed by atoms with Crippen molar-refractivity contribution in [3.8, 4) is 0 Å². The van der Waals surface area contributed by atoms with Crippen LogP contribution in [0, 0.1) is 5.92 Å². The highest BCUT2D eigenvalue weighted by atomic mass is 32.1. The van der Waals surface area contributed by atoms with Crippen LogP contribution in [0.25, 0.3) is 0 Å². The normalized spacial score (nSPS) is 24.9. The van der Waals surface area contributed by atoms with E-state index in [1.807, 2.05) is 17.5 Å². The summed E-state index contributed by atoms with van der Waals surface area (Å²) in [6, 6.07) is 4.12. The fourth-order valence-electron chi connectivity index (χ4n) is 3.05. The van der Waals surface area contributed by atoms with Gasteiger partial charge >= 0.3 is 0 Å². The van der Waals surface area contributed by atoms with E-state index in [0.29, 0.717) is 18.5 Å². The molecule has 1 amide bonds. The highest BCUT2D eigenvalue weighted by Gasteiger charge is 2.31. The highest BCUT2D eigenvalue weighted by Crippen LogP contribution is 2.22.